The van der Waals surface area contributed by atoms with Crippen molar-refractivity contribution in [3.63, 3.8) is 0 Å². The first-order valence-electron chi connectivity index (χ1n) is 4.94. The largest absolute Gasteiger partial charge is 0.313 e. The van der Waals surface area contributed by atoms with Crippen LogP contribution in [0.5, 0.6) is 0 Å². The Labute approximate surface area is 84.4 Å². The lowest BCUT2D eigenvalue weighted by Gasteiger charge is -2.09. The monoisotopic (exact) mass is 186 g/mol. The molecular formula is C12H14N2. The number of nitrogens with zero attached hydrogens (tertiary/aromatic N) is 1. The minimum Gasteiger partial charge on any atom is -0.313 e. The van der Waals surface area contributed by atoms with Crippen LogP contribution in [0.15, 0.2) is 47.1 Å². The van der Waals surface area contributed by atoms with Crippen LogP contribution in [-0.4, -0.2) is 19.3 Å². The number of hydrogen-bond acceptors (Lipinski definition) is 2. The fourth-order valence-electron chi connectivity index (χ4n) is 1.42. The van der Waals surface area contributed by atoms with Crippen LogP contribution in [0.1, 0.15) is 12.0 Å². The van der Waals surface area contributed by atoms with Gasteiger partial charge in [0.1, 0.15) is 0 Å². The van der Waals surface area contributed by atoms with Gasteiger partial charge in [-0.3, -0.25) is 4.99 Å². The van der Waals surface area contributed by atoms with Crippen molar-refractivity contribution in [1.29, 1.82) is 0 Å². The van der Waals surface area contributed by atoms with E-state index >= 15 is 0 Å². The second-order valence-electron chi connectivity index (χ2n) is 3.32. The van der Waals surface area contributed by atoms with Gasteiger partial charge in [-0.05, 0) is 11.6 Å². The molecule has 2 nitrogen and oxygen atoms in total. The molecule has 0 fully saturated rings. The van der Waals surface area contributed by atoms with E-state index < -0.39 is 0 Å². The lowest BCUT2D eigenvalue weighted by molar-refractivity contribution is 0.699. The van der Waals surface area contributed by atoms with Crippen LogP contribution in [0.4, 0.5) is 0 Å². The van der Waals surface area contributed by atoms with Crippen molar-refractivity contribution in [2.45, 2.75) is 6.42 Å². The van der Waals surface area contributed by atoms with Gasteiger partial charge >= 0.3 is 0 Å². The van der Waals surface area contributed by atoms with Crippen LogP contribution >= 0.6 is 0 Å². The average molecular weight is 186 g/mol. The molecule has 72 valence electrons. The van der Waals surface area contributed by atoms with Gasteiger partial charge in [-0.1, -0.05) is 30.3 Å². The molecule has 1 aliphatic rings. The number of rotatable bonds is 2. The second-order valence-corrected chi connectivity index (χ2v) is 3.32. The SMILES string of the molecule is C(=NC1=CCNCC1)c1ccccc1. The summed E-state index contributed by atoms with van der Waals surface area (Å²) in [5, 5.41) is 3.26. The van der Waals surface area contributed by atoms with Gasteiger partial charge in [0.05, 0.1) is 0 Å². The molecule has 0 saturated heterocycles. The highest BCUT2D eigenvalue weighted by atomic mass is 14.9. The first-order valence-corrected chi connectivity index (χ1v) is 4.94. The van der Waals surface area contributed by atoms with E-state index in [-0.39, 0.29) is 0 Å². The minimum absolute atomic E-state index is 0.946. The van der Waals surface area contributed by atoms with Gasteiger partial charge < -0.3 is 5.32 Å². The molecule has 1 aromatic rings. The normalized spacial score (nSPS) is 17.0. The summed E-state index contributed by atoms with van der Waals surface area (Å²) in [6.07, 6.45) is 5.10. The Bertz CT molecular complexity index is 339. The highest BCUT2D eigenvalue weighted by Gasteiger charge is 1.98. The summed E-state index contributed by atoms with van der Waals surface area (Å²) in [6, 6.07) is 10.2. The summed E-state index contributed by atoms with van der Waals surface area (Å²) >= 11 is 0. The van der Waals surface area contributed by atoms with Crippen LogP contribution in [-0.2, 0) is 0 Å². The molecule has 1 N–H and O–H groups in total. The van der Waals surface area contributed by atoms with Gasteiger partial charge in [0, 0.05) is 31.4 Å². The molecule has 0 aromatic heterocycles. The van der Waals surface area contributed by atoms with E-state index in [1.165, 1.54) is 5.70 Å². The van der Waals surface area contributed by atoms with Crippen molar-refractivity contribution < 1.29 is 0 Å². The molecule has 14 heavy (non-hydrogen) atoms. The summed E-state index contributed by atoms with van der Waals surface area (Å²) < 4.78 is 0. The minimum atomic E-state index is 0.946. The fraction of sp³-hybridized carbons (Fsp3) is 0.250. The van der Waals surface area contributed by atoms with Gasteiger partial charge in [-0.2, -0.15) is 0 Å². The van der Waals surface area contributed by atoms with E-state index in [1.54, 1.807) is 0 Å². The Morgan fingerprint density at radius 1 is 1.21 bits per heavy atom. The molecule has 2 heteroatoms. The van der Waals surface area contributed by atoms with Crippen molar-refractivity contribution in [3.05, 3.63) is 47.7 Å². The zero-order valence-electron chi connectivity index (χ0n) is 8.11. The molecule has 0 saturated carbocycles. The molecule has 1 aliphatic heterocycles. The first-order chi connectivity index (χ1) is 6.95. The predicted octanol–water partition coefficient (Wildman–Crippen LogP) is 1.98. The molecule has 0 radical (unpaired) electrons. The standard InChI is InChI=1S/C12H14N2/c1-2-4-11(5-3-1)10-14-12-6-8-13-9-7-12/h1-6,10,13H,7-9H2. The summed E-state index contributed by atoms with van der Waals surface area (Å²) in [5.41, 5.74) is 2.35. The predicted molar refractivity (Wildman–Crippen MR) is 59.6 cm³/mol. The molecule has 0 bridgehead atoms. The molecule has 0 aliphatic carbocycles. The van der Waals surface area contributed by atoms with Crippen molar-refractivity contribution in [2.24, 2.45) is 4.99 Å². The van der Waals surface area contributed by atoms with Crippen molar-refractivity contribution in [1.82, 2.24) is 5.32 Å². The summed E-state index contributed by atoms with van der Waals surface area (Å²) in [6.45, 7) is 1.99. The third kappa shape index (κ3) is 2.54. The summed E-state index contributed by atoms with van der Waals surface area (Å²) in [5.74, 6) is 0. The lowest BCUT2D eigenvalue weighted by Crippen LogP contribution is -2.19. The molecule has 2 rings (SSSR count). The maximum atomic E-state index is 4.45. The maximum Gasteiger partial charge on any atom is 0.0389 e. The molecule has 0 unspecified atom stereocenters. The van der Waals surface area contributed by atoms with Gasteiger partial charge in [0.15, 0.2) is 0 Å². The van der Waals surface area contributed by atoms with Crippen LogP contribution in [0.2, 0.25) is 0 Å². The van der Waals surface area contributed by atoms with Crippen molar-refractivity contribution in [3.8, 4) is 0 Å². The van der Waals surface area contributed by atoms with Crippen molar-refractivity contribution in [2.75, 3.05) is 13.1 Å². The molecule has 0 atom stereocenters. The van der Waals surface area contributed by atoms with E-state index in [1.807, 2.05) is 24.4 Å². The Kier molecular flexibility index (Phi) is 3.09. The van der Waals surface area contributed by atoms with Gasteiger partial charge in [-0.15, -0.1) is 0 Å². The van der Waals surface area contributed by atoms with Crippen LogP contribution in [0, 0.1) is 0 Å². The second kappa shape index (κ2) is 4.72. The Balaban J connectivity index is 2.03. The van der Waals surface area contributed by atoms with Gasteiger partial charge in [0.25, 0.3) is 0 Å². The van der Waals surface area contributed by atoms with Crippen LogP contribution < -0.4 is 5.32 Å². The van der Waals surface area contributed by atoms with E-state index in [9.17, 15) is 0 Å². The zero-order valence-corrected chi connectivity index (χ0v) is 8.11. The average Bonchev–Trinajstić information content (AvgIpc) is 2.29. The van der Waals surface area contributed by atoms with Gasteiger partial charge in [0.2, 0.25) is 0 Å². The fourth-order valence-corrected chi connectivity index (χ4v) is 1.42. The third-order valence-corrected chi connectivity index (χ3v) is 2.22. The summed E-state index contributed by atoms with van der Waals surface area (Å²) in [4.78, 5) is 4.45. The quantitative estimate of drug-likeness (QED) is 0.702. The zero-order chi connectivity index (χ0) is 9.64. The number of benzene rings is 1. The lowest BCUT2D eigenvalue weighted by atomic mass is 10.2. The topological polar surface area (TPSA) is 24.4 Å². The van der Waals surface area contributed by atoms with Crippen LogP contribution in [0.25, 0.3) is 0 Å². The van der Waals surface area contributed by atoms with Gasteiger partial charge in [-0.25, -0.2) is 0 Å². The first kappa shape index (κ1) is 9.16. The van der Waals surface area contributed by atoms with E-state index in [2.05, 4.69) is 28.5 Å². The highest BCUT2D eigenvalue weighted by Crippen LogP contribution is 2.05. The van der Waals surface area contributed by atoms with Crippen molar-refractivity contribution >= 4 is 6.21 Å². The Morgan fingerprint density at radius 2 is 2.07 bits per heavy atom. The number of aliphatic imine (C=N–C) groups is 1. The molecule has 1 heterocycles. The molecular weight excluding hydrogens is 172 g/mol. The summed E-state index contributed by atoms with van der Waals surface area (Å²) in [7, 11) is 0. The van der Waals surface area contributed by atoms with Crippen LogP contribution in [0.3, 0.4) is 0 Å². The van der Waals surface area contributed by atoms with E-state index in [0.29, 0.717) is 0 Å². The molecule has 1 aromatic carbocycles. The Morgan fingerprint density at radius 3 is 2.79 bits per heavy atom. The number of hydrogen-bond donors (Lipinski definition) is 1. The maximum absolute atomic E-state index is 4.45. The number of nitrogens with one attached hydrogen (secondary N) is 1. The molecule has 0 amide bonds. The Hall–Kier alpha value is -1.41. The smallest absolute Gasteiger partial charge is 0.0389 e. The highest BCUT2D eigenvalue weighted by molar-refractivity contribution is 5.80. The van der Waals surface area contributed by atoms with E-state index in [4.69, 9.17) is 0 Å². The third-order valence-electron chi connectivity index (χ3n) is 2.22. The van der Waals surface area contributed by atoms with E-state index in [0.717, 1.165) is 25.1 Å². The molecule has 0 spiro atoms.